The molecule has 1 fully saturated rings. The Kier molecular flexibility index (Phi) is 4.81. The van der Waals surface area contributed by atoms with E-state index in [1.807, 2.05) is 0 Å². The van der Waals surface area contributed by atoms with E-state index in [2.05, 4.69) is 39.9 Å². The Bertz CT molecular complexity index is 201. The molecule has 0 aromatic heterocycles. The molecule has 1 saturated carbocycles. The Labute approximate surface area is 101 Å². The van der Waals surface area contributed by atoms with Gasteiger partial charge in [-0.3, -0.25) is 0 Å². The number of ether oxygens (including phenoxy) is 1. The van der Waals surface area contributed by atoms with E-state index >= 15 is 0 Å². The van der Waals surface area contributed by atoms with Gasteiger partial charge in [-0.2, -0.15) is 0 Å². The maximum absolute atomic E-state index is 6.10. The average Bonchev–Trinajstić information content (AvgIpc) is 2.05. The smallest absolute Gasteiger partial charge is 0.0694 e. The Morgan fingerprint density at radius 2 is 1.88 bits per heavy atom. The first kappa shape index (κ1) is 14.0. The van der Waals surface area contributed by atoms with Gasteiger partial charge in [-0.1, -0.05) is 13.8 Å². The first-order valence-corrected chi connectivity index (χ1v) is 6.72. The summed E-state index contributed by atoms with van der Waals surface area (Å²) in [6.45, 7) is 13.1. The van der Waals surface area contributed by atoms with Gasteiger partial charge < -0.3 is 10.1 Å². The van der Waals surface area contributed by atoms with Crippen LogP contribution >= 0.6 is 0 Å². The van der Waals surface area contributed by atoms with Gasteiger partial charge in [0.2, 0.25) is 0 Å². The molecule has 0 bridgehead atoms. The molecule has 16 heavy (non-hydrogen) atoms. The van der Waals surface area contributed by atoms with Crippen molar-refractivity contribution < 1.29 is 4.74 Å². The molecular formula is C14H29NO. The molecule has 1 aliphatic rings. The highest BCUT2D eigenvalue weighted by molar-refractivity contribution is 4.91. The lowest BCUT2D eigenvalue weighted by atomic mass is 9.77. The second kappa shape index (κ2) is 5.50. The van der Waals surface area contributed by atoms with E-state index in [1.165, 1.54) is 19.3 Å². The van der Waals surface area contributed by atoms with E-state index in [9.17, 15) is 0 Å². The van der Waals surface area contributed by atoms with Crippen LogP contribution in [0.1, 0.15) is 60.3 Å². The minimum atomic E-state index is 0.211. The van der Waals surface area contributed by atoms with E-state index in [-0.39, 0.29) is 11.1 Å². The molecule has 96 valence electrons. The largest absolute Gasteiger partial charge is 0.375 e. The molecule has 1 aliphatic carbocycles. The van der Waals surface area contributed by atoms with E-state index in [0.29, 0.717) is 5.92 Å². The summed E-state index contributed by atoms with van der Waals surface area (Å²) < 4.78 is 6.10. The highest BCUT2D eigenvalue weighted by Gasteiger charge is 2.37. The molecule has 0 saturated heterocycles. The summed E-state index contributed by atoms with van der Waals surface area (Å²) in [5, 5.41) is 3.55. The van der Waals surface area contributed by atoms with Crippen molar-refractivity contribution in [3.8, 4) is 0 Å². The summed E-state index contributed by atoms with van der Waals surface area (Å²) in [5.41, 5.74) is 0.436. The van der Waals surface area contributed by atoms with Crippen molar-refractivity contribution in [2.75, 3.05) is 13.2 Å². The van der Waals surface area contributed by atoms with Gasteiger partial charge >= 0.3 is 0 Å². The predicted molar refractivity (Wildman–Crippen MR) is 69.7 cm³/mol. The van der Waals surface area contributed by atoms with Gasteiger partial charge in [-0.15, -0.1) is 0 Å². The minimum absolute atomic E-state index is 0.211. The Balaban J connectivity index is 2.25. The van der Waals surface area contributed by atoms with Crippen LogP contribution in [0.15, 0.2) is 0 Å². The van der Waals surface area contributed by atoms with E-state index in [0.717, 1.165) is 19.6 Å². The van der Waals surface area contributed by atoms with Crippen molar-refractivity contribution >= 4 is 0 Å². The normalized spacial score (nSPS) is 19.9. The first-order chi connectivity index (χ1) is 7.33. The monoisotopic (exact) mass is 227 g/mol. The average molecular weight is 227 g/mol. The van der Waals surface area contributed by atoms with Crippen LogP contribution in [0.25, 0.3) is 0 Å². The maximum Gasteiger partial charge on any atom is 0.0694 e. The lowest BCUT2D eigenvalue weighted by Gasteiger charge is -2.43. The summed E-state index contributed by atoms with van der Waals surface area (Å²) in [4.78, 5) is 0. The molecule has 0 aromatic carbocycles. The fourth-order valence-corrected chi connectivity index (χ4v) is 2.05. The fourth-order valence-electron chi connectivity index (χ4n) is 2.05. The van der Waals surface area contributed by atoms with E-state index < -0.39 is 0 Å². The molecule has 0 aliphatic heterocycles. The zero-order valence-electron chi connectivity index (χ0n) is 11.7. The molecule has 0 heterocycles. The standard InChI is InChI=1S/C14H29NO/c1-12(2)11-16-14(7-6-8-14)9-10-15-13(3,4)5/h12,15H,6-11H2,1-5H3. The van der Waals surface area contributed by atoms with Gasteiger partial charge in [0, 0.05) is 12.1 Å². The molecule has 0 aromatic rings. The highest BCUT2D eigenvalue weighted by Crippen LogP contribution is 2.38. The number of rotatable bonds is 6. The Morgan fingerprint density at radius 1 is 1.25 bits per heavy atom. The van der Waals surface area contributed by atoms with E-state index in [4.69, 9.17) is 4.74 Å². The van der Waals surface area contributed by atoms with Crippen LogP contribution in [0.3, 0.4) is 0 Å². The molecule has 1 rings (SSSR count). The molecule has 2 heteroatoms. The van der Waals surface area contributed by atoms with Crippen LogP contribution in [0.4, 0.5) is 0 Å². The number of hydrogen-bond acceptors (Lipinski definition) is 2. The van der Waals surface area contributed by atoms with Gasteiger partial charge in [-0.05, 0) is 58.9 Å². The number of hydrogen-bond donors (Lipinski definition) is 1. The van der Waals surface area contributed by atoms with Gasteiger partial charge in [0.05, 0.1) is 5.60 Å². The number of nitrogens with one attached hydrogen (secondary N) is 1. The molecule has 1 N–H and O–H groups in total. The SMILES string of the molecule is CC(C)COC1(CCNC(C)(C)C)CCC1. The maximum atomic E-state index is 6.10. The quantitative estimate of drug-likeness (QED) is 0.751. The molecular weight excluding hydrogens is 198 g/mol. The van der Waals surface area contributed by atoms with Gasteiger partial charge in [0.1, 0.15) is 0 Å². The van der Waals surface area contributed by atoms with Crippen LogP contribution in [0, 0.1) is 5.92 Å². The third-order valence-electron chi connectivity index (χ3n) is 3.22. The lowest BCUT2D eigenvalue weighted by molar-refractivity contribution is -0.113. The summed E-state index contributed by atoms with van der Waals surface area (Å²) in [6, 6.07) is 0. The summed E-state index contributed by atoms with van der Waals surface area (Å²) in [6.07, 6.45) is 5.02. The van der Waals surface area contributed by atoms with Crippen LogP contribution in [0.5, 0.6) is 0 Å². The van der Waals surface area contributed by atoms with Gasteiger partial charge in [0.25, 0.3) is 0 Å². The zero-order valence-corrected chi connectivity index (χ0v) is 11.7. The first-order valence-electron chi connectivity index (χ1n) is 6.72. The Hall–Kier alpha value is -0.0800. The third kappa shape index (κ3) is 4.84. The topological polar surface area (TPSA) is 21.3 Å². The molecule has 2 nitrogen and oxygen atoms in total. The van der Waals surface area contributed by atoms with E-state index in [1.54, 1.807) is 0 Å². The van der Waals surface area contributed by atoms with Crippen LogP contribution in [-0.2, 0) is 4.74 Å². The van der Waals surface area contributed by atoms with Crippen LogP contribution in [-0.4, -0.2) is 24.3 Å². The Morgan fingerprint density at radius 3 is 2.25 bits per heavy atom. The third-order valence-corrected chi connectivity index (χ3v) is 3.22. The van der Waals surface area contributed by atoms with Crippen molar-refractivity contribution in [3.05, 3.63) is 0 Å². The fraction of sp³-hybridized carbons (Fsp3) is 1.00. The zero-order chi connectivity index (χ0) is 12.2. The summed E-state index contributed by atoms with van der Waals surface area (Å²) in [7, 11) is 0. The van der Waals surface area contributed by atoms with Crippen molar-refractivity contribution in [1.82, 2.24) is 5.32 Å². The molecule has 0 atom stereocenters. The molecule has 0 amide bonds. The summed E-state index contributed by atoms with van der Waals surface area (Å²) >= 11 is 0. The van der Waals surface area contributed by atoms with Crippen LogP contribution in [0.2, 0.25) is 0 Å². The molecule has 0 radical (unpaired) electrons. The highest BCUT2D eigenvalue weighted by atomic mass is 16.5. The second-order valence-electron chi connectivity index (χ2n) is 6.67. The summed E-state index contributed by atoms with van der Waals surface area (Å²) in [5.74, 6) is 0.646. The van der Waals surface area contributed by atoms with Gasteiger partial charge in [-0.25, -0.2) is 0 Å². The van der Waals surface area contributed by atoms with Crippen molar-refractivity contribution in [2.24, 2.45) is 5.92 Å². The van der Waals surface area contributed by atoms with Crippen molar-refractivity contribution in [1.29, 1.82) is 0 Å². The lowest BCUT2D eigenvalue weighted by Crippen LogP contribution is -2.46. The van der Waals surface area contributed by atoms with Gasteiger partial charge in [0.15, 0.2) is 0 Å². The minimum Gasteiger partial charge on any atom is -0.375 e. The molecule has 0 spiro atoms. The van der Waals surface area contributed by atoms with Crippen molar-refractivity contribution in [2.45, 2.75) is 71.4 Å². The predicted octanol–water partition coefficient (Wildman–Crippen LogP) is 3.36. The van der Waals surface area contributed by atoms with Crippen molar-refractivity contribution in [3.63, 3.8) is 0 Å². The van der Waals surface area contributed by atoms with Crippen LogP contribution < -0.4 is 5.32 Å². The molecule has 0 unspecified atom stereocenters. The second-order valence-corrected chi connectivity index (χ2v) is 6.67.